The molecule has 0 radical (unpaired) electrons. The van der Waals surface area contributed by atoms with E-state index >= 15 is 0 Å². The van der Waals surface area contributed by atoms with Gasteiger partial charge in [-0.2, -0.15) is 11.8 Å². The topological polar surface area (TPSA) is 69.6 Å². The average Bonchev–Trinajstić information content (AvgIpc) is 2.34. The van der Waals surface area contributed by atoms with Crippen LogP contribution in [0.3, 0.4) is 0 Å². The fourth-order valence-corrected chi connectivity index (χ4v) is 2.60. The standard InChI is InChI=1S/C12H22N2O3S/c1-9-5-3-4-7-14(9)12(17)13-10(11(15)16)6-8-18-2/h9-10H,3-8H2,1-2H3,(H,13,17)(H,15,16)/t9-,10-/m0/s1. The summed E-state index contributed by atoms with van der Waals surface area (Å²) in [5.74, 6) is -0.227. The van der Waals surface area contributed by atoms with Crippen LogP contribution in [0.5, 0.6) is 0 Å². The zero-order chi connectivity index (χ0) is 13.5. The predicted octanol–water partition coefficient (Wildman–Crippen LogP) is 1.78. The Morgan fingerprint density at radius 3 is 2.78 bits per heavy atom. The van der Waals surface area contributed by atoms with Crippen LogP contribution >= 0.6 is 11.8 Å². The van der Waals surface area contributed by atoms with Gasteiger partial charge in [0, 0.05) is 12.6 Å². The van der Waals surface area contributed by atoms with Crippen molar-refractivity contribution in [1.29, 1.82) is 0 Å². The number of piperidine rings is 1. The smallest absolute Gasteiger partial charge is 0.326 e. The lowest BCUT2D eigenvalue weighted by molar-refractivity contribution is -0.139. The van der Waals surface area contributed by atoms with E-state index in [-0.39, 0.29) is 12.1 Å². The third-order valence-corrected chi connectivity index (χ3v) is 3.91. The SMILES string of the molecule is CSCC[C@H](NC(=O)N1CCCC[C@@H]1C)C(=O)O. The molecule has 0 aromatic rings. The van der Waals surface area contributed by atoms with Crippen LogP contribution in [0.4, 0.5) is 4.79 Å². The Morgan fingerprint density at radius 1 is 1.50 bits per heavy atom. The van der Waals surface area contributed by atoms with Crippen molar-refractivity contribution in [2.45, 2.75) is 44.7 Å². The largest absolute Gasteiger partial charge is 0.480 e. The minimum absolute atomic E-state index is 0.203. The van der Waals surface area contributed by atoms with Gasteiger partial charge in [0.05, 0.1) is 0 Å². The van der Waals surface area contributed by atoms with Crippen LogP contribution in [-0.2, 0) is 4.79 Å². The van der Waals surface area contributed by atoms with Crippen LogP contribution in [0.1, 0.15) is 32.6 Å². The number of rotatable bonds is 5. The molecule has 0 bridgehead atoms. The van der Waals surface area contributed by atoms with Gasteiger partial charge in [0.25, 0.3) is 0 Å². The number of thioether (sulfide) groups is 1. The number of carboxylic acids is 1. The predicted molar refractivity (Wildman–Crippen MR) is 73.0 cm³/mol. The molecule has 0 saturated carbocycles. The molecule has 1 heterocycles. The number of carboxylic acid groups (broad SMARTS) is 1. The van der Waals surface area contributed by atoms with Gasteiger partial charge >= 0.3 is 12.0 Å². The van der Waals surface area contributed by atoms with Crippen molar-refractivity contribution in [3.8, 4) is 0 Å². The van der Waals surface area contributed by atoms with E-state index < -0.39 is 12.0 Å². The molecule has 2 atom stereocenters. The minimum atomic E-state index is -0.956. The number of nitrogens with one attached hydrogen (secondary N) is 1. The molecule has 18 heavy (non-hydrogen) atoms. The van der Waals surface area contributed by atoms with E-state index in [1.54, 1.807) is 16.7 Å². The molecule has 0 unspecified atom stereocenters. The number of aliphatic carboxylic acids is 1. The molecule has 0 aromatic heterocycles. The first-order valence-electron chi connectivity index (χ1n) is 6.35. The number of amides is 2. The number of hydrogen-bond donors (Lipinski definition) is 2. The van der Waals surface area contributed by atoms with Crippen molar-refractivity contribution >= 4 is 23.8 Å². The molecule has 0 spiro atoms. The highest BCUT2D eigenvalue weighted by molar-refractivity contribution is 7.98. The van der Waals surface area contributed by atoms with E-state index in [0.717, 1.165) is 31.6 Å². The van der Waals surface area contributed by atoms with Crippen molar-refractivity contribution in [2.75, 3.05) is 18.6 Å². The zero-order valence-electron chi connectivity index (χ0n) is 11.0. The van der Waals surface area contributed by atoms with Crippen molar-refractivity contribution in [3.05, 3.63) is 0 Å². The quantitative estimate of drug-likeness (QED) is 0.801. The van der Waals surface area contributed by atoms with Gasteiger partial charge in [0.2, 0.25) is 0 Å². The van der Waals surface area contributed by atoms with Crippen LogP contribution in [0.25, 0.3) is 0 Å². The van der Waals surface area contributed by atoms with E-state index in [4.69, 9.17) is 5.11 Å². The second-order valence-electron chi connectivity index (χ2n) is 4.66. The van der Waals surface area contributed by atoms with E-state index in [0.29, 0.717) is 6.42 Å². The number of likely N-dealkylation sites (tertiary alicyclic amines) is 1. The first-order chi connectivity index (χ1) is 8.56. The summed E-state index contributed by atoms with van der Waals surface area (Å²) in [4.78, 5) is 24.8. The van der Waals surface area contributed by atoms with Crippen LogP contribution in [-0.4, -0.2) is 52.6 Å². The molecule has 1 fully saturated rings. The molecule has 1 rings (SSSR count). The Hall–Kier alpha value is -0.910. The molecule has 1 saturated heterocycles. The summed E-state index contributed by atoms with van der Waals surface area (Å²) in [6.07, 6.45) is 5.52. The Bertz CT molecular complexity index is 299. The maximum Gasteiger partial charge on any atom is 0.326 e. The fourth-order valence-electron chi connectivity index (χ4n) is 2.12. The van der Waals surface area contributed by atoms with E-state index in [1.165, 1.54) is 0 Å². The molecule has 6 heteroatoms. The minimum Gasteiger partial charge on any atom is -0.480 e. The average molecular weight is 274 g/mol. The summed E-state index contributed by atoms with van der Waals surface area (Å²) in [6, 6.07) is -0.816. The summed E-state index contributed by atoms with van der Waals surface area (Å²) < 4.78 is 0. The molecule has 2 amide bonds. The molecule has 0 aliphatic carbocycles. The van der Waals surface area contributed by atoms with Crippen LogP contribution in [0.15, 0.2) is 0 Å². The van der Waals surface area contributed by atoms with Gasteiger partial charge < -0.3 is 15.3 Å². The van der Waals surface area contributed by atoms with Gasteiger partial charge in [0.1, 0.15) is 6.04 Å². The lowest BCUT2D eigenvalue weighted by Crippen LogP contribution is -2.52. The van der Waals surface area contributed by atoms with Crippen LogP contribution in [0, 0.1) is 0 Å². The second-order valence-corrected chi connectivity index (χ2v) is 5.65. The van der Waals surface area contributed by atoms with Crippen molar-refractivity contribution in [2.24, 2.45) is 0 Å². The molecular weight excluding hydrogens is 252 g/mol. The highest BCUT2D eigenvalue weighted by atomic mass is 32.2. The number of hydrogen-bond acceptors (Lipinski definition) is 3. The van der Waals surface area contributed by atoms with Gasteiger partial charge in [-0.25, -0.2) is 9.59 Å². The Labute approximate surface area is 112 Å². The lowest BCUT2D eigenvalue weighted by Gasteiger charge is -2.34. The fraction of sp³-hybridized carbons (Fsp3) is 0.833. The molecule has 104 valence electrons. The summed E-state index contributed by atoms with van der Waals surface area (Å²) >= 11 is 1.58. The first kappa shape index (κ1) is 15.1. The number of nitrogens with zero attached hydrogens (tertiary/aromatic N) is 1. The van der Waals surface area contributed by atoms with Crippen molar-refractivity contribution in [3.63, 3.8) is 0 Å². The summed E-state index contributed by atoms with van der Waals surface area (Å²) in [5, 5.41) is 11.7. The molecular formula is C12H22N2O3S. The molecule has 5 nitrogen and oxygen atoms in total. The van der Waals surface area contributed by atoms with Crippen LogP contribution in [0.2, 0.25) is 0 Å². The molecule has 0 aromatic carbocycles. The summed E-state index contributed by atoms with van der Waals surface area (Å²) in [7, 11) is 0. The summed E-state index contributed by atoms with van der Waals surface area (Å²) in [6.45, 7) is 2.73. The van der Waals surface area contributed by atoms with E-state index in [1.807, 2.05) is 13.2 Å². The van der Waals surface area contributed by atoms with Crippen molar-refractivity contribution < 1.29 is 14.7 Å². The number of urea groups is 1. The third kappa shape index (κ3) is 4.40. The lowest BCUT2D eigenvalue weighted by atomic mass is 10.0. The first-order valence-corrected chi connectivity index (χ1v) is 7.74. The van der Waals surface area contributed by atoms with E-state index in [2.05, 4.69) is 5.32 Å². The van der Waals surface area contributed by atoms with Gasteiger partial charge in [-0.1, -0.05) is 0 Å². The number of carbonyl (C=O) groups excluding carboxylic acids is 1. The maximum atomic E-state index is 12.0. The second kappa shape index (κ2) is 7.51. The van der Waals surface area contributed by atoms with Crippen LogP contribution < -0.4 is 5.32 Å². The van der Waals surface area contributed by atoms with Gasteiger partial charge in [-0.15, -0.1) is 0 Å². The Kier molecular flexibility index (Phi) is 6.32. The highest BCUT2D eigenvalue weighted by Gasteiger charge is 2.27. The monoisotopic (exact) mass is 274 g/mol. The van der Waals surface area contributed by atoms with Gasteiger partial charge in [0.15, 0.2) is 0 Å². The normalized spacial score (nSPS) is 21.4. The van der Waals surface area contributed by atoms with Gasteiger partial charge in [-0.05, 0) is 44.6 Å². The third-order valence-electron chi connectivity index (χ3n) is 3.27. The zero-order valence-corrected chi connectivity index (χ0v) is 11.8. The highest BCUT2D eigenvalue weighted by Crippen LogP contribution is 2.16. The molecule has 2 N–H and O–H groups in total. The Morgan fingerprint density at radius 2 is 2.22 bits per heavy atom. The van der Waals surface area contributed by atoms with E-state index in [9.17, 15) is 9.59 Å². The molecule has 1 aliphatic heterocycles. The maximum absolute atomic E-state index is 12.0. The van der Waals surface area contributed by atoms with Crippen molar-refractivity contribution in [1.82, 2.24) is 10.2 Å². The molecule has 1 aliphatic rings. The summed E-state index contributed by atoms with van der Waals surface area (Å²) in [5.41, 5.74) is 0. The number of carbonyl (C=O) groups is 2. The van der Waals surface area contributed by atoms with Gasteiger partial charge in [-0.3, -0.25) is 0 Å². The Balaban J connectivity index is 2.51.